The van der Waals surface area contributed by atoms with E-state index in [9.17, 15) is 104 Å². The fraction of sp³-hybridized carbons (Fsp3) is 0.857. The first-order chi connectivity index (χ1) is 52.0. The highest BCUT2D eigenvalue weighted by Gasteiger charge is 2.48. The highest BCUT2D eigenvalue weighted by Crippen LogP contribution is 2.51. The van der Waals surface area contributed by atoms with Gasteiger partial charge in [0.15, 0.2) is 24.7 Å². The molecule has 0 saturated carbocycles. The van der Waals surface area contributed by atoms with Crippen molar-refractivity contribution >= 4 is 67.0 Å². The Labute approximate surface area is 637 Å². The SMILES string of the molecule is CO[P+](O)(O)OC[C@H](CC(=O)CCCCCNC(=O)CCCCCCC(=O)C(CCCCNC(=O)CCCCO[C@@H]1O[C@H](CO)[C@H](O)[C@H](O)[C@H]1NC(C)=O)NC(=O)[C@H](CCCCNC(=O)CCCCO[C@@H]1O[C@H](CO)[C@H](O)[C@H](O)[C@H]1NC(C)=O)NC(=O)CCCCO[C@@H]1O[C@H](CO)[C@H](O)[C@H](O)[C@H]1C)C(=O)NCCO. The van der Waals surface area contributed by atoms with Crippen molar-refractivity contribution in [3.05, 3.63) is 0 Å². The second-order valence-corrected chi connectivity index (χ2v) is 29.4. The second kappa shape index (κ2) is 55.2. The number of hydrogen-bond acceptors (Lipinski definition) is 30. The van der Waals surface area contributed by atoms with E-state index >= 15 is 0 Å². The molecule has 3 heterocycles. The number of ketones is 2. The van der Waals surface area contributed by atoms with E-state index in [1.54, 1.807) is 6.92 Å². The van der Waals surface area contributed by atoms with Crippen molar-refractivity contribution in [3.8, 4) is 0 Å². The fourth-order valence-electron chi connectivity index (χ4n) is 12.3. The van der Waals surface area contributed by atoms with Gasteiger partial charge in [-0.1, -0.05) is 26.2 Å². The maximum absolute atomic E-state index is 14.4. The first-order valence-electron chi connectivity index (χ1n) is 38.1. The van der Waals surface area contributed by atoms with Crippen LogP contribution in [-0.2, 0) is 85.4 Å². The van der Waals surface area contributed by atoms with E-state index < -0.39 is 174 Å². The minimum atomic E-state index is -4.17. The molecule has 3 aliphatic rings. The molecule has 3 saturated heterocycles. The van der Waals surface area contributed by atoms with Crippen LogP contribution in [0.5, 0.6) is 0 Å². The number of hydrogen-bond donors (Lipinski definition) is 20. The molecule has 0 aromatic heterocycles. The average Bonchev–Trinajstić information content (AvgIpc) is 0.823. The van der Waals surface area contributed by atoms with Gasteiger partial charge in [0, 0.05) is 111 Å². The van der Waals surface area contributed by atoms with Gasteiger partial charge >= 0.3 is 8.17 Å². The van der Waals surface area contributed by atoms with Crippen LogP contribution in [0.15, 0.2) is 0 Å². The largest absolute Gasteiger partial charge is 0.569 e. The zero-order valence-corrected chi connectivity index (χ0v) is 64.3. The molecule has 0 bridgehead atoms. The lowest BCUT2D eigenvalue weighted by Gasteiger charge is -2.42. The van der Waals surface area contributed by atoms with Gasteiger partial charge in [-0.25, -0.2) is 0 Å². The van der Waals surface area contributed by atoms with Crippen molar-refractivity contribution in [2.45, 2.75) is 286 Å². The van der Waals surface area contributed by atoms with Crippen LogP contribution >= 0.6 is 8.17 Å². The zero-order valence-electron chi connectivity index (χ0n) is 63.4. The number of amides is 8. The van der Waals surface area contributed by atoms with Crippen molar-refractivity contribution in [3.63, 3.8) is 0 Å². The minimum Gasteiger partial charge on any atom is -0.395 e. The van der Waals surface area contributed by atoms with Crippen molar-refractivity contribution in [2.75, 3.05) is 86.1 Å². The third-order valence-corrected chi connectivity index (χ3v) is 19.7. The molecule has 3 aliphatic heterocycles. The molecule has 3 rings (SSSR count). The van der Waals surface area contributed by atoms with Gasteiger partial charge < -0.3 is 122 Å². The van der Waals surface area contributed by atoms with Crippen molar-refractivity contribution in [1.29, 1.82) is 0 Å². The standard InChI is InChI=1S/C70H125N8O30P/c1-43-60(91)61(92)51(39-80)106-68(43)102-35-21-15-29-57(90)77-49(24-12-18-32-73-56(89)28-14-20-37-104-70-59(76-45(3)84)65(96)63(94)53(41-82)108-70)67(98)78-48(23-11-17-31-72-55(88)27-13-19-36-103-69-58(75-44(2)83)64(95)62(93)52(40-81)107-69)50(86)25-9-5-6-10-26-54(87)71-30-16-7-8-22-47(85)38-46(66(97)74-33-34-79)42-105-109(99,100)101-4/h43,46,48-49,51-53,58-65,68-70,79-82,91-96,99-100H,5-42H2,1-4H3,(H7-,71,72,73,74,75,76,77,78,83,84,87,88,89,90,97,98)/p+1/t43-,46+,48?,49+,51-,52-,53-,58-,59-,60-,61+,62+,63+,64-,65-,68-,69-,70-/m1/s1. The maximum Gasteiger partial charge on any atom is 0.569 e. The van der Waals surface area contributed by atoms with E-state index in [2.05, 4.69) is 47.1 Å². The van der Waals surface area contributed by atoms with Gasteiger partial charge in [-0.2, -0.15) is 18.8 Å². The van der Waals surface area contributed by atoms with Gasteiger partial charge in [-0.05, 0) is 103 Å². The molecule has 0 spiro atoms. The average molecular weight is 1590 g/mol. The normalized spacial score (nSPS) is 25.0. The van der Waals surface area contributed by atoms with Crippen LogP contribution in [0.2, 0.25) is 0 Å². The predicted molar refractivity (Wildman–Crippen MR) is 386 cm³/mol. The summed E-state index contributed by atoms with van der Waals surface area (Å²) in [4.78, 5) is 149. The predicted octanol–water partition coefficient (Wildman–Crippen LogP) is -3.35. The molecule has 8 amide bonds. The fourth-order valence-corrected chi connectivity index (χ4v) is 12.8. The summed E-state index contributed by atoms with van der Waals surface area (Å²) in [5, 5.41) is 122. The summed E-state index contributed by atoms with van der Waals surface area (Å²) in [5.41, 5.74) is 0. The van der Waals surface area contributed by atoms with Gasteiger partial charge in [0.1, 0.15) is 79.3 Å². The number of nitrogens with one attached hydrogen (secondary N) is 8. The van der Waals surface area contributed by atoms with Gasteiger partial charge in [0.05, 0.1) is 51.6 Å². The van der Waals surface area contributed by atoms with Crippen LogP contribution in [-0.4, -0.2) is 304 Å². The molecule has 39 heteroatoms. The second-order valence-electron chi connectivity index (χ2n) is 27.8. The Balaban J connectivity index is 1.62. The van der Waals surface area contributed by atoms with Gasteiger partial charge in [-0.3, -0.25) is 47.9 Å². The Morgan fingerprint density at radius 3 is 1.29 bits per heavy atom. The first kappa shape index (κ1) is 97.9. The van der Waals surface area contributed by atoms with Crippen LogP contribution < -0.4 is 42.5 Å². The van der Waals surface area contributed by atoms with E-state index in [-0.39, 0.29) is 133 Å². The molecule has 3 fully saturated rings. The van der Waals surface area contributed by atoms with Crippen molar-refractivity contribution in [2.24, 2.45) is 11.8 Å². The number of Topliss-reactive ketones (excluding diaryl/α,β-unsaturated/α-hetero) is 2. The van der Waals surface area contributed by atoms with E-state index in [1.165, 1.54) is 13.8 Å². The summed E-state index contributed by atoms with van der Waals surface area (Å²) in [5.74, 6) is -5.74. The number of ether oxygens (including phenoxy) is 6. The smallest absolute Gasteiger partial charge is 0.395 e. The Morgan fingerprint density at radius 1 is 0.431 bits per heavy atom. The highest BCUT2D eigenvalue weighted by molar-refractivity contribution is 7.54. The third-order valence-electron chi connectivity index (χ3n) is 18.7. The van der Waals surface area contributed by atoms with Gasteiger partial charge in [0.25, 0.3) is 0 Å². The summed E-state index contributed by atoms with van der Waals surface area (Å²) in [7, 11) is -3.15. The molecule has 0 aromatic rings. The van der Waals surface area contributed by atoms with Crippen LogP contribution in [0, 0.1) is 11.8 Å². The third kappa shape index (κ3) is 38.9. The van der Waals surface area contributed by atoms with Gasteiger partial charge in [-0.15, -0.1) is 0 Å². The lowest BCUT2D eigenvalue weighted by molar-refractivity contribution is -0.282. The Morgan fingerprint density at radius 2 is 0.835 bits per heavy atom. The maximum atomic E-state index is 14.4. The number of rotatable bonds is 59. The summed E-state index contributed by atoms with van der Waals surface area (Å²) in [6.45, 7) is 2.32. The molecule has 0 aromatic carbocycles. The number of aliphatic hydroxyl groups is 10. The molecule has 109 heavy (non-hydrogen) atoms. The summed E-state index contributed by atoms with van der Waals surface area (Å²) < 4.78 is 43.5. The first-order valence-corrected chi connectivity index (χ1v) is 39.7. The summed E-state index contributed by atoms with van der Waals surface area (Å²) in [6, 6.07) is -4.40. The topological polar surface area (TPSA) is 584 Å². The van der Waals surface area contributed by atoms with E-state index in [0.717, 1.165) is 7.11 Å². The number of unbranched alkanes of at least 4 members (excludes halogenated alkanes) is 10. The Bertz CT molecular complexity index is 2680. The molecule has 630 valence electrons. The molecule has 20 N–H and O–H groups in total. The molecule has 1 unspecified atom stereocenters. The minimum absolute atomic E-state index is 0.0437. The molecule has 0 radical (unpaired) electrons. The quantitative estimate of drug-likeness (QED) is 0.0209. The zero-order chi connectivity index (χ0) is 80.8. The lowest BCUT2D eigenvalue weighted by atomic mass is 9.92. The monoisotopic (exact) mass is 1590 g/mol. The number of aliphatic hydroxyl groups excluding tert-OH is 10. The van der Waals surface area contributed by atoms with Crippen LogP contribution in [0.1, 0.15) is 188 Å². The number of carbonyl (C=O) groups is 10. The van der Waals surface area contributed by atoms with E-state index in [4.69, 9.17) is 38.1 Å². The highest BCUT2D eigenvalue weighted by atomic mass is 31.2. The van der Waals surface area contributed by atoms with Crippen LogP contribution in [0.25, 0.3) is 0 Å². The van der Waals surface area contributed by atoms with E-state index in [1.807, 2.05) is 0 Å². The molecular weight excluding hydrogens is 1460 g/mol. The molecule has 0 aliphatic carbocycles. The summed E-state index contributed by atoms with van der Waals surface area (Å²) >= 11 is 0. The Hall–Kier alpha value is -5.27. The van der Waals surface area contributed by atoms with Crippen LogP contribution in [0.3, 0.4) is 0 Å². The lowest BCUT2D eigenvalue weighted by Crippen LogP contribution is -2.64. The summed E-state index contributed by atoms with van der Waals surface area (Å²) in [6.07, 6.45) is -7.34. The molecular formula is C70H126N8O30P+. The van der Waals surface area contributed by atoms with Gasteiger partial charge in [0.2, 0.25) is 47.3 Å². The van der Waals surface area contributed by atoms with E-state index in [0.29, 0.717) is 116 Å². The van der Waals surface area contributed by atoms with Crippen molar-refractivity contribution in [1.82, 2.24) is 42.5 Å². The molecule has 38 nitrogen and oxygen atoms in total. The molecule has 18 atom stereocenters. The van der Waals surface area contributed by atoms with Crippen molar-refractivity contribution < 1.29 is 146 Å². The number of carbonyl (C=O) groups excluding carboxylic acids is 10. The Kier molecular flexibility index (Phi) is 49.6. The van der Waals surface area contributed by atoms with Crippen LogP contribution in [0.4, 0.5) is 0 Å².